The maximum Gasteiger partial charge on any atom is 0.309 e. The molecule has 4 bridgehead atoms. The topological polar surface area (TPSA) is 119 Å². The van der Waals surface area contributed by atoms with E-state index in [1.165, 1.54) is 13.2 Å². The number of hydroxylamine groups is 3. The van der Waals surface area contributed by atoms with Gasteiger partial charge < -0.3 is 34.6 Å². The van der Waals surface area contributed by atoms with Crippen molar-refractivity contribution < 1.29 is 34.2 Å². The van der Waals surface area contributed by atoms with Gasteiger partial charge in [-0.3, -0.25) is 4.79 Å². The highest BCUT2D eigenvalue weighted by atomic mass is 16.6. The summed E-state index contributed by atoms with van der Waals surface area (Å²) in [4.78, 5) is 12.6. The van der Waals surface area contributed by atoms with E-state index in [1.807, 2.05) is 0 Å². The molecule has 0 amide bonds. The Balaban J connectivity index is 1.77. The predicted molar refractivity (Wildman–Crippen MR) is 119 cm³/mol. The van der Waals surface area contributed by atoms with Crippen LogP contribution >= 0.6 is 0 Å². The van der Waals surface area contributed by atoms with Crippen LogP contribution in [0, 0.1) is 5.21 Å². The lowest BCUT2D eigenvalue weighted by Gasteiger charge is -2.60. The average Bonchev–Trinajstić information content (AvgIpc) is 2.78. The second-order valence-electron chi connectivity index (χ2n) is 9.43. The van der Waals surface area contributed by atoms with Crippen LogP contribution in [0.2, 0.25) is 0 Å². The molecule has 2 aromatic carbocycles. The number of fused-ring (bicyclic) bond motifs is 9. The molecule has 3 heterocycles. The van der Waals surface area contributed by atoms with E-state index in [0.717, 1.165) is 19.3 Å². The SMILES string of the molecule is COc1cc2c(cc1O)[C@@H]1C[C@H](C[C@@H]3CCCC[N+]31[O-])OC(=O)CC(O)c1ccc(O)c-2c1. The van der Waals surface area contributed by atoms with E-state index in [-0.39, 0.29) is 29.7 Å². The number of methoxy groups -OCH3 is 1. The van der Waals surface area contributed by atoms with Crippen LogP contribution in [0.3, 0.4) is 0 Å². The quantitative estimate of drug-likeness (QED) is 0.340. The molecular weight excluding hydrogens is 426 g/mol. The highest BCUT2D eigenvalue weighted by Gasteiger charge is 2.48. The highest BCUT2D eigenvalue weighted by Crippen LogP contribution is 2.51. The summed E-state index contributed by atoms with van der Waals surface area (Å²) in [7, 11) is 1.44. The summed E-state index contributed by atoms with van der Waals surface area (Å²) in [5.41, 5.74) is 2.01. The third kappa shape index (κ3) is 3.72. The number of nitrogens with zero attached hydrogens (tertiary/aromatic N) is 1. The molecule has 0 aliphatic carbocycles. The van der Waals surface area contributed by atoms with Crippen molar-refractivity contribution in [3.8, 4) is 28.4 Å². The minimum atomic E-state index is -1.10. The molecule has 176 valence electrons. The molecule has 3 aliphatic rings. The van der Waals surface area contributed by atoms with E-state index < -0.39 is 28.9 Å². The molecular formula is C25H29NO7. The summed E-state index contributed by atoms with van der Waals surface area (Å²) < 4.78 is 10.7. The Bertz CT molecular complexity index is 1090. The lowest BCUT2D eigenvalue weighted by atomic mass is 9.80. The summed E-state index contributed by atoms with van der Waals surface area (Å²) in [6.07, 6.45) is 1.53. The Morgan fingerprint density at radius 2 is 1.91 bits per heavy atom. The molecule has 5 atom stereocenters. The number of benzene rings is 2. The maximum absolute atomic E-state index is 14.3. The van der Waals surface area contributed by atoms with Crippen molar-refractivity contribution in [2.75, 3.05) is 13.7 Å². The number of phenolic OH excluding ortho intramolecular Hbond substituents is 2. The summed E-state index contributed by atoms with van der Waals surface area (Å²) in [5.74, 6) is -0.420. The molecule has 3 N–H and O–H groups in total. The molecule has 2 unspecified atom stereocenters. The standard InChI is InChI=1S/C25H29NO7/c1-32-24-12-17-18(11-23(24)29)20-10-16(9-15-4-2-3-7-26(15,20)31)33-25(30)13-22(28)14-5-6-21(27)19(17)8-14/h5-6,8,11-12,15-16,20,22,27-29H,2-4,7,9-10,13H2,1H3/t15-,16-,20-,22?,26?/m0/s1. The minimum absolute atomic E-state index is 0.0282. The van der Waals surface area contributed by atoms with E-state index in [4.69, 9.17) is 9.47 Å². The first kappa shape index (κ1) is 22.0. The zero-order chi connectivity index (χ0) is 23.3. The number of quaternary nitrogens is 1. The predicted octanol–water partition coefficient (Wildman–Crippen LogP) is 3.82. The minimum Gasteiger partial charge on any atom is -0.632 e. The fourth-order valence-corrected chi connectivity index (χ4v) is 5.88. The Labute approximate surface area is 192 Å². The number of aliphatic hydroxyl groups excluding tert-OH is 1. The number of carbonyl (C=O) groups excluding carboxylic acids is 1. The van der Waals surface area contributed by atoms with Crippen molar-refractivity contribution in [2.45, 2.75) is 62.8 Å². The highest BCUT2D eigenvalue weighted by molar-refractivity contribution is 5.77. The summed E-state index contributed by atoms with van der Waals surface area (Å²) >= 11 is 0. The van der Waals surface area contributed by atoms with Crippen LogP contribution < -0.4 is 4.74 Å². The van der Waals surface area contributed by atoms with Gasteiger partial charge in [0.15, 0.2) is 11.5 Å². The second-order valence-corrected chi connectivity index (χ2v) is 9.43. The number of esters is 1. The first-order chi connectivity index (χ1) is 15.8. The number of hydrogen-bond acceptors (Lipinski definition) is 7. The summed E-state index contributed by atoms with van der Waals surface area (Å²) in [6.45, 7) is 0.451. The average molecular weight is 456 g/mol. The van der Waals surface area contributed by atoms with Gasteiger partial charge in [-0.15, -0.1) is 0 Å². The zero-order valence-corrected chi connectivity index (χ0v) is 18.6. The van der Waals surface area contributed by atoms with Gasteiger partial charge in [0.05, 0.1) is 32.2 Å². The van der Waals surface area contributed by atoms with Crippen molar-refractivity contribution in [1.29, 1.82) is 0 Å². The van der Waals surface area contributed by atoms with E-state index in [2.05, 4.69) is 0 Å². The van der Waals surface area contributed by atoms with E-state index >= 15 is 0 Å². The molecule has 0 aromatic heterocycles. The van der Waals surface area contributed by atoms with Gasteiger partial charge in [-0.05, 0) is 48.2 Å². The number of rotatable bonds is 1. The molecule has 8 nitrogen and oxygen atoms in total. The van der Waals surface area contributed by atoms with E-state index in [0.29, 0.717) is 41.6 Å². The lowest BCUT2D eigenvalue weighted by molar-refractivity contribution is -0.946. The first-order valence-corrected chi connectivity index (χ1v) is 11.5. The van der Waals surface area contributed by atoms with Crippen molar-refractivity contribution in [3.05, 3.63) is 46.7 Å². The molecule has 5 rings (SSSR count). The zero-order valence-electron chi connectivity index (χ0n) is 18.6. The number of hydrogen-bond donors (Lipinski definition) is 3. The number of aliphatic hydroxyl groups is 1. The van der Waals surface area contributed by atoms with Crippen LogP contribution in [-0.2, 0) is 9.53 Å². The van der Waals surface area contributed by atoms with Crippen LogP contribution in [0.5, 0.6) is 17.2 Å². The van der Waals surface area contributed by atoms with Crippen molar-refractivity contribution >= 4 is 5.97 Å². The summed E-state index contributed by atoms with van der Waals surface area (Å²) in [5, 5.41) is 46.4. The van der Waals surface area contributed by atoms with Gasteiger partial charge in [0, 0.05) is 30.4 Å². The number of aromatic hydroxyl groups is 2. The van der Waals surface area contributed by atoms with Crippen LogP contribution in [0.1, 0.15) is 61.8 Å². The number of carbonyl (C=O) groups is 1. The number of piperidine rings is 2. The van der Waals surface area contributed by atoms with E-state index in [1.54, 1.807) is 24.3 Å². The Kier molecular flexibility index (Phi) is 5.47. The molecule has 33 heavy (non-hydrogen) atoms. The molecule has 2 saturated heterocycles. The van der Waals surface area contributed by atoms with Gasteiger partial charge in [0.25, 0.3) is 0 Å². The smallest absolute Gasteiger partial charge is 0.309 e. The monoisotopic (exact) mass is 455 g/mol. The van der Waals surface area contributed by atoms with Crippen molar-refractivity contribution in [3.63, 3.8) is 0 Å². The third-order valence-corrected chi connectivity index (χ3v) is 7.53. The van der Waals surface area contributed by atoms with Crippen molar-refractivity contribution in [2.24, 2.45) is 0 Å². The van der Waals surface area contributed by atoms with Gasteiger partial charge in [0.1, 0.15) is 17.9 Å². The van der Waals surface area contributed by atoms with E-state index in [9.17, 15) is 25.3 Å². The lowest BCUT2D eigenvalue weighted by Crippen LogP contribution is -2.60. The van der Waals surface area contributed by atoms with Crippen LogP contribution in [0.25, 0.3) is 11.1 Å². The van der Waals surface area contributed by atoms with Gasteiger partial charge in [-0.25, -0.2) is 0 Å². The number of ether oxygens (including phenoxy) is 2. The molecule has 0 radical (unpaired) electrons. The normalized spacial score (nSPS) is 31.3. The summed E-state index contributed by atoms with van der Waals surface area (Å²) in [6, 6.07) is 7.00. The third-order valence-electron chi connectivity index (χ3n) is 7.53. The van der Waals surface area contributed by atoms with Gasteiger partial charge in [0.2, 0.25) is 0 Å². The van der Waals surface area contributed by atoms with Gasteiger partial charge in [-0.1, -0.05) is 6.07 Å². The molecule has 2 aromatic rings. The number of phenols is 2. The molecule has 3 aliphatic heterocycles. The molecule has 0 saturated carbocycles. The molecule has 0 spiro atoms. The van der Waals surface area contributed by atoms with Gasteiger partial charge in [-0.2, -0.15) is 0 Å². The van der Waals surface area contributed by atoms with Gasteiger partial charge >= 0.3 is 5.97 Å². The maximum atomic E-state index is 14.3. The Morgan fingerprint density at radius 3 is 2.70 bits per heavy atom. The largest absolute Gasteiger partial charge is 0.632 e. The van der Waals surface area contributed by atoms with Crippen LogP contribution in [-0.4, -0.2) is 51.7 Å². The second kappa shape index (κ2) is 8.20. The Morgan fingerprint density at radius 1 is 1.09 bits per heavy atom. The van der Waals surface area contributed by atoms with Crippen LogP contribution in [0.15, 0.2) is 30.3 Å². The fraction of sp³-hybridized carbons (Fsp3) is 0.480. The molecule has 8 heteroatoms. The van der Waals surface area contributed by atoms with Crippen molar-refractivity contribution in [1.82, 2.24) is 0 Å². The Hall–Kier alpha value is -2.81. The van der Waals surface area contributed by atoms with Crippen LogP contribution in [0.4, 0.5) is 0 Å². The first-order valence-electron chi connectivity index (χ1n) is 11.5. The fourth-order valence-electron chi connectivity index (χ4n) is 5.88. The molecule has 2 fully saturated rings.